The number of carbonyl (C=O) groups excluding carboxylic acids is 4. The molecule has 3 amide bonds. The first-order valence-electron chi connectivity index (χ1n) is 14.4. The van der Waals surface area contributed by atoms with Crippen molar-refractivity contribution in [2.24, 2.45) is 5.92 Å². The average molecular weight is 660 g/mol. The highest BCUT2D eigenvalue weighted by Gasteiger charge is 2.56. The van der Waals surface area contributed by atoms with Crippen LogP contribution in [-0.4, -0.2) is 54.3 Å². The van der Waals surface area contributed by atoms with E-state index in [9.17, 15) is 24.0 Å². The highest BCUT2D eigenvalue weighted by Crippen LogP contribution is 2.54. The van der Waals surface area contributed by atoms with Crippen molar-refractivity contribution in [2.75, 3.05) is 31.0 Å². The molecule has 0 radical (unpaired) electrons. The number of carbonyl (C=O) groups is 4. The molecule has 0 unspecified atom stereocenters. The van der Waals surface area contributed by atoms with Gasteiger partial charge in [0.05, 0.1) is 43.0 Å². The summed E-state index contributed by atoms with van der Waals surface area (Å²) in [5.74, 6) is -1.98. The maximum absolute atomic E-state index is 14.1. The van der Waals surface area contributed by atoms with Crippen LogP contribution in [0.3, 0.4) is 0 Å². The largest absolute Gasteiger partial charge is 0.497 e. The maximum atomic E-state index is 14.1. The van der Waals surface area contributed by atoms with Gasteiger partial charge in [-0.3, -0.25) is 23.7 Å². The van der Waals surface area contributed by atoms with Crippen molar-refractivity contribution >= 4 is 58.2 Å². The number of fused-ring (bicyclic) bond motifs is 2. The van der Waals surface area contributed by atoms with E-state index in [2.05, 4.69) is 5.32 Å². The fourth-order valence-electron chi connectivity index (χ4n) is 5.66. The Balaban J connectivity index is 1.36. The summed E-state index contributed by atoms with van der Waals surface area (Å²) >= 11 is 2.09. The number of nitrogens with zero attached hydrogens (tertiary/aromatic N) is 2. The summed E-state index contributed by atoms with van der Waals surface area (Å²) in [5, 5.41) is 2.41. The lowest BCUT2D eigenvalue weighted by Crippen LogP contribution is -2.33. The lowest BCUT2D eigenvalue weighted by molar-refractivity contribution is -0.122. The number of thiazole rings is 1. The molecule has 3 atom stereocenters. The fourth-order valence-corrected chi connectivity index (χ4v) is 8.43. The Kier molecular flexibility index (Phi) is 8.69. The van der Waals surface area contributed by atoms with Crippen LogP contribution in [0, 0.1) is 5.92 Å². The normalized spacial score (nSPS) is 18.5. The number of hydrogen-bond donors (Lipinski definition) is 1. The molecule has 3 aromatic carbocycles. The number of ether oxygens (including phenoxy) is 3. The number of imide groups is 1. The molecule has 0 spiro atoms. The number of hydrogen-bond acceptors (Lipinski definition) is 10. The van der Waals surface area contributed by atoms with Crippen LogP contribution in [0.25, 0.3) is 0 Å². The highest BCUT2D eigenvalue weighted by molar-refractivity contribution is 8.00. The third-order valence-electron chi connectivity index (χ3n) is 7.84. The number of esters is 1. The van der Waals surface area contributed by atoms with Crippen molar-refractivity contribution in [3.05, 3.63) is 98.5 Å². The fraction of sp³-hybridized carbons (Fsp3) is 0.242. The number of amides is 3. The molecule has 2 aliphatic heterocycles. The molecule has 11 nitrogen and oxygen atoms in total. The summed E-state index contributed by atoms with van der Waals surface area (Å²) in [4.78, 5) is 68.2. The number of rotatable bonds is 9. The van der Waals surface area contributed by atoms with Gasteiger partial charge in [0.1, 0.15) is 23.3 Å². The van der Waals surface area contributed by atoms with Gasteiger partial charge in [0.2, 0.25) is 17.7 Å². The Bertz CT molecular complexity index is 1870. The van der Waals surface area contributed by atoms with Crippen LogP contribution in [0.2, 0.25) is 0 Å². The molecule has 0 bridgehead atoms. The van der Waals surface area contributed by atoms with Crippen molar-refractivity contribution < 1.29 is 33.4 Å². The van der Waals surface area contributed by atoms with Crippen LogP contribution in [-0.2, 0) is 25.7 Å². The topological polar surface area (TPSA) is 133 Å². The van der Waals surface area contributed by atoms with Crippen LogP contribution in [0.5, 0.6) is 11.5 Å². The molecule has 46 heavy (non-hydrogen) atoms. The second-order valence-corrected chi connectivity index (χ2v) is 12.6. The van der Waals surface area contributed by atoms with E-state index < -0.39 is 40.8 Å². The second kappa shape index (κ2) is 12.9. The Morgan fingerprint density at radius 2 is 1.48 bits per heavy atom. The van der Waals surface area contributed by atoms with Crippen LogP contribution in [0.1, 0.15) is 33.6 Å². The Labute approximate surface area is 272 Å². The minimum Gasteiger partial charge on any atom is -0.497 e. The van der Waals surface area contributed by atoms with E-state index in [0.717, 1.165) is 33.6 Å². The third kappa shape index (κ3) is 5.67. The number of benzene rings is 3. The van der Waals surface area contributed by atoms with Gasteiger partial charge in [0.25, 0.3) is 0 Å². The minimum absolute atomic E-state index is 0.218. The van der Waals surface area contributed by atoms with Gasteiger partial charge in [-0.05, 0) is 73.2 Å². The predicted molar refractivity (Wildman–Crippen MR) is 173 cm³/mol. The quantitative estimate of drug-likeness (QED) is 0.203. The van der Waals surface area contributed by atoms with Gasteiger partial charge >= 0.3 is 10.8 Å². The number of anilines is 2. The van der Waals surface area contributed by atoms with Crippen LogP contribution >= 0.6 is 23.1 Å². The van der Waals surface area contributed by atoms with Gasteiger partial charge in [-0.2, -0.15) is 0 Å². The van der Waals surface area contributed by atoms with Crippen molar-refractivity contribution in [3.63, 3.8) is 0 Å². The van der Waals surface area contributed by atoms with Crippen LogP contribution < -0.4 is 24.6 Å². The Morgan fingerprint density at radius 1 is 0.848 bits per heavy atom. The zero-order chi connectivity index (χ0) is 32.5. The van der Waals surface area contributed by atoms with E-state index in [1.807, 2.05) is 12.1 Å². The molecule has 2 aliphatic rings. The van der Waals surface area contributed by atoms with E-state index in [-0.39, 0.29) is 18.0 Å². The number of aromatic nitrogens is 1. The van der Waals surface area contributed by atoms with E-state index in [1.54, 1.807) is 69.7 Å². The molecule has 1 saturated heterocycles. The molecule has 6 rings (SSSR count). The van der Waals surface area contributed by atoms with Gasteiger partial charge in [-0.1, -0.05) is 35.2 Å². The summed E-state index contributed by atoms with van der Waals surface area (Å²) in [7, 11) is 3.10. The SMILES string of the molecule is CCOC(=O)c1ccc(N2C(=O)[C@@H]3[C@H](c4ccc(OC)cc4)c4sc(=O)n(CC(=O)Nc5ccc(OC)cc5)c4S[C@@H]3C2=O)cc1. The molecular formula is C33H29N3O8S2. The van der Waals surface area contributed by atoms with E-state index in [4.69, 9.17) is 14.2 Å². The van der Waals surface area contributed by atoms with Crippen LogP contribution in [0.4, 0.5) is 11.4 Å². The summed E-state index contributed by atoms with van der Waals surface area (Å²) in [6.45, 7) is 1.64. The van der Waals surface area contributed by atoms with Crippen molar-refractivity contribution in [1.82, 2.24) is 4.57 Å². The van der Waals surface area contributed by atoms with Gasteiger partial charge in [0, 0.05) is 16.5 Å². The Morgan fingerprint density at radius 3 is 2.09 bits per heavy atom. The molecule has 1 fully saturated rings. The number of thioether (sulfide) groups is 1. The zero-order valence-corrected chi connectivity index (χ0v) is 26.7. The molecule has 13 heteroatoms. The Hall–Kier alpha value is -4.88. The van der Waals surface area contributed by atoms with Gasteiger partial charge in [0.15, 0.2) is 0 Å². The van der Waals surface area contributed by atoms with Crippen molar-refractivity contribution in [3.8, 4) is 11.5 Å². The first-order chi connectivity index (χ1) is 22.2. The molecule has 1 aromatic heterocycles. The van der Waals surface area contributed by atoms with E-state index in [0.29, 0.717) is 38.3 Å². The molecule has 4 aromatic rings. The maximum Gasteiger partial charge on any atom is 0.338 e. The smallest absolute Gasteiger partial charge is 0.338 e. The lowest BCUT2D eigenvalue weighted by Gasteiger charge is -2.30. The molecule has 1 N–H and O–H groups in total. The second-order valence-electron chi connectivity index (χ2n) is 10.5. The number of methoxy groups -OCH3 is 2. The first-order valence-corrected chi connectivity index (χ1v) is 16.1. The molecule has 3 heterocycles. The summed E-state index contributed by atoms with van der Waals surface area (Å²) in [6, 6.07) is 20.1. The standard InChI is InChI=1S/C33H29N3O8S2/c1-4-44-32(40)19-5-11-21(12-6-19)36-29(38)26-25(18-7-13-22(42-2)14-8-18)28-31(45-27(26)30(36)39)35(33(41)46-28)17-24(37)34-20-9-15-23(43-3)16-10-20/h5-16,25-27H,4,17H2,1-3H3,(H,34,37)/t25-,26+,27-/m0/s1. The summed E-state index contributed by atoms with van der Waals surface area (Å²) in [6.07, 6.45) is 0. The third-order valence-corrected chi connectivity index (χ3v) is 10.4. The van der Waals surface area contributed by atoms with Gasteiger partial charge in [-0.15, -0.1) is 0 Å². The lowest BCUT2D eigenvalue weighted by atomic mass is 9.83. The average Bonchev–Trinajstić information content (AvgIpc) is 3.51. The molecular weight excluding hydrogens is 631 g/mol. The molecule has 0 saturated carbocycles. The van der Waals surface area contributed by atoms with Crippen molar-refractivity contribution in [2.45, 2.75) is 29.7 Å². The summed E-state index contributed by atoms with van der Waals surface area (Å²) in [5.41, 5.74) is 1.89. The monoisotopic (exact) mass is 659 g/mol. The van der Waals surface area contributed by atoms with E-state index >= 15 is 0 Å². The molecule has 236 valence electrons. The minimum atomic E-state index is -0.860. The molecule has 0 aliphatic carbocycles. The van der Waals surface area contributed by atoms with Crippen molar-refractivity contribution in [1.29, 1.82) is 0 Å². The van der Waals surface area contributed by atoms with E-state index in [1.165, 1.54) is 16.7 Å². The van der Waals surface area contributed by atoms with Gasteiger partial charge in [-0.25, -0.2) is 9.69 Å². The first kappa shape index (κ1) is 31.1. The predicted octanol–water partition coefficient (Wildman–Crippen LogP) is 4.54. The zero-order valence-electron chi connectivity index (χ0n) is 25.1. The van der Waals surface area contributed by atoms with Crippen LogP contribution in [0.15, 0.2) is 82.6 Å². The van der Waals surface area contributed by atoms with Gasteiger partial charge < -0.3 is 19.5 Å². The summed E-state index contributed by atoms with van der Waals surface area (Å²) < 4.78 is 16.9. The highest BCUT2D eigenvalue weighted by atomic mass is 32.2. The number of nitrogens with one attached hydrogen (secondary N) is 1.